The highest BCUT2D eigenvalue weighted by Gasteiger charge is 2.12. The van der Waals surface area contributed by atoms with Gasteiger partial charge in [0.05, 0.1) is 12.8 Å². The molecular weight excluding hydrogens is 356 g/mol. The largest absolute Gasteiger partial charge is 0.459 e. The third-order valence-electron chi connectivity index (χ3n) is 4.58. The molecule has 1 aromatic carbocycles. The van der Waals surface area contributed by atoms with Crippen LogP contribution >= 0.6 is 0 Å². The fraction of sp³-hybridized carbons (Fsp3) is 0.333. The van der Waals surface area contributed by atoms with Crippen LogP contribution in [0.5, 0.6) is 0 Å². The number of benzene rings is 1. The predicted molar refractivity (Wildman–Crippen MR) is 110 cm³/mol. The molecule has 0 atom stereocenters. The van der Waals surface area contributed by atoms with Crippen LogP contribution in [0.4, 0.5) is 0 Å². The molecule has 28 heavy (non-hydrogen) atoms. The molecule has 2 aromatic heterocycles. The number of aliphatic imine (C=N–C) groups is 1. The van der Waals surface area contributed by atoms with Gasteiger partial charge < -0.3 is 24.8 Å². The van der Waals surface area contributed by atoms with Crippen molar-refractivity contribution in [2.45, 2.75) is 26.8 Å². The van der Waals surface area contributed by atoms with Gasteiger partial charge in [-0.2, -0.15) is 0 Å². The van der Waals surface area contributed by atoms with Gasteiger partial charge >= 0.3 is 0 Å². The lowest BCUT2D eigenvalue weighted by atomic mass is 10.1. The Labute approximate surface area is 164 Å². The van der Waals surface area contributed by atoms with Gasteiger partial charge in [-0.3, -0.25) is 9.79 Å². The van der Waals surface area contributed by atoms with E-state index in [0.717, 1.165) is 34.3 Å². The minimum Gasteiger partial charge on any atom is -0.459 e. The molecule has 0 aliphatic heterocycles. The zero-order valence-electron chi connectivity index (χ0n) is 16.5. The number of nitrogens with zero attached hydrogens (tertiary/aromatic N) is 1. The van der Waals surface area contributed by atoms with Crippen molar-refractivity contribution in [2.75, 3.05) is 20.1 Å². The number of rotatable bonds is 7. The third kappa shape index (κ3) is 4.54. The number of hydrogen-bond acceptors (Lipinski definition) is 4. The minimum absolute atomic E-state index is 0.189. The number of furan rings is 2. The Hall–Kier alpha value is -3.22. The number of guanidine groups is 1. The molecule has 2 heterocycles. The SMILES string of the molecule is CN=C(NCCCNC(=O)c1occc1C)NCc1oc2ccccc2c1C. The second-order valence-electron chi connectivity index (χ2n) is 6.54. The second kappa shape index (κ2) is 9.12. The van der Waals surface area contributed by atoms with Gasteiger partial charge in [-0.05, 0) is 32.4 Å². The molecule has 7 heteroatoms. The Morgan fingerprint density at radius 3 is 2.57 bits per heavy atom. The maximum atomic E-state index is 12.0. The van der Waals surface area contributed by atoms with Crippen LogP contribution in [-0.4, -0.2) is 32.0 Å². The molecule has 3 aromatic rings. The average Bonchev–Trinajstić information content (AvgIpc) is 3.27. The van der Waals surface area contributed by atoms with Crippen LogP contribution in [0.2, 0.25) is 0 Å². The molecule has 1 amide bonds. The molecule has 3 rings (SSSR count). The zero-order chi connectivity index (χ0) is 19.9. The van der Waals surface area contributed by atoms with Gasteiger partial charge in [0.2, 0.25) is 0 Å². The molecule has 0 bridgehead atoms. The standard InChI is InChI=1S/C21H26N4O3/c1-14-9-12-27-19(14)20(26)23-10-6-11-24-21(22-3)25-13-18-15(2)16-7-4-5-8-17(16)28-18/h4-5,7-9,12H,6,10-11,13H2,1-3H3,(H,23,26)(H2,22,24,25). The molecular formula is C21H26N4O3. The molecule has 0 fully saturated rings. The van der Waals surface area contributed by atoms with Crippen molar-refractivity contribution in [3.63, 3.8) is 0 Å². The molecule has 0 unspecified atom stereocenters. The predicted octanol–water partition coefficient (Wildman–Crippen LogP) is 3.13. The first-order valence-corrected chi connectivity index (χ1v) is 9.34. The van der Waals surface area contributed by atoms with Gasteiger partial charge in [0, 0.05) is 36.7 Å². The summed E-state index contributed by atoms with van der Waals surface area (Å²) >= 11 is 0. The molecule has 148 valence electrons. The maximum Gasteiger partial charge on any atom is 0.287 e. The normalized spacial score (nSPS) is 11.6. The number of carbonyl (C=O) groups is 1. The summed E-state index contributed by atoms with van der Waals surface area (Å²) in [6.07, 6.45) is 2.28. The monoisotopic (exact) mass is 382 g/mol. The number of nitrogens with one attached hydrogen (secondary N) is 3. The first-order valence-electron chi connectivity index (χ1n) is 9.34. The Balaban J connectivity index is 1.40. The summed E-state index contributed by atoms with van der Waals surface area (Å²) in [5.41, 5.74) is 2.86. The van der Waals surface area contributed by atoms with Gasteiger partial charge in [-0.25, -0.2) is 0 Å². The van der Waals surface area contributed by atoms with Gasteiger partial charge in [0.25, 0.3) is 5.91 Å². The van der Waals surface area contributed by atoms with Crippen LogP contribution < -0.4 is 16.0 Å². The molecule has 0 aliphatic carbocycles. The Kier molecular flexibility index (Phi) is 6.37. The highest BCUT2D eigenvalue weighted by molar-refractivity contribution is 5.92. The van der Waals surface area contributed by atoms with Crippen LogP contribution in [0.25, 0.3) is 11.0 Å². The topological polar surface area (TPSA) is 91.8 Å². The summed E-state index contributed by atoms with van der Waals surface area (Å²) in [5.74, 6) is 1.76. The number of fused-ring (bicyclic) bond motifs is 1. The lowest BCUT2D eigenvalue weighted by molar-refractivity contribution is 0.0925. The lowest BCUT2D eigenvalue weighted by Crippen LogP contribution is -2.38. The fourth-order valence-electron chi connectivity index (χ4n) is 2.96. The van der Waals surface area contributed by atoms with Gasteiger partial charge in [-0.1, -0.05) is 18.2 Å². The molecule has 3 N–H and O–H groups in total. The summed E-state index contributed by atoms with van der Waals surface area (Å²) in [7, 11) is 1.72. The highest BCUT2D eigenvalue weighted by Crippen LogP contribution is 2.24. The first kappa shape index (κ1) is 19.5. The van der Waals surface area contributed by atoms with Crippen molar-refractivity contribution < 1.29 is 13.6 Å². The Morgan fingerprint density at radius 1 is 1.07 bits per heavy atom. The Bertz CT molecular complexity index is 971. The van der Waals surface area contributed by atoms with E-state index >= 15 is 0 Å². The quantitative estimate of drug-likeness (QED) is 0.332. The number of carbonyl (C=O) groups excluding carboxylic acids is 1. The van der Waals surface area contributed by atoms with E-state index in [1.54, 1.807) is 13.1 Å². The maximum absolute atomic E-state index is 12.0. The van der Waals surface area contributed by atoms with Crippen LogP contribution in [0.1, 0.15) is 33.9 Å². The molecule has 0 spiro atoms. The van der Waals surface area contributed by atoms with Crippen LogP contribution in [0.15, 0.2) is 50.4 Å². The van der Waals surface area contributed by atoms with Crippen LogP contribution in [0.3, 0.4) is 0 Å². The van der Waals surface area contributed by atoms with Crippen molar-refractivity contribution in [3.05, 3.63) is 59.2 Å². The van der Waals surface area contributed by atoms with E-state index in [-0.39, 0.29) is 5.91 Å². The van der Waals surface area contributed by atoms with Crippen molar-refractivity contribution in [3.8, 4) is 0 Å². The van der Waals surface area contributed by atoms with Gasteiger partial charge in [0.1, 0.15) is 11.3 Å². The zero-order valence-corrected chi connectivity index (χ0v) is 16.5. The minimum atomic E-state index is -0.189. The smallest absolute Gasteiger partial charge is 0.287 e. The van der Waals surface area contributed by atoms with Crippen molar-refractivity contribution in [1.29, 1.82) is 0 Å². The Morgan fingerprint density at radius 2 is 1.86 bits per heavy atom. The first-order chi connectivity index (χ1) is 13.6. The van der Waals surface area contributed by atoms with E-state index in [2.05, 4.69) is 33.9 Å². The number of amides is 1. The van der Waals surface area contributed by atoms with Gasteiger partial charge in [0.15, 0.2) is 11.7 Å². The fourth-order valence-corrected chi connectivity index (χ4v) is 2.96. The van der Waals surface area contributed by atoms with E-state index in [0.29, 0.717) is 31.4 Å². The highest BCUT2D eigenvalue weighted by atomic mass is 16.3. The van der Waals surface area contributed by atoms with E-state index < -0.39 is 0 Å². The number of hydrogen-bond donors (Lipinski definition) is 3. The molecule has 0 saturated carbocycles. The summed E-state index contributed by atoms with van der Waals surface area (Å²) < 4.78 is 11.1. The van der Waals surface area contributed by atoms with Crippen LogP contribution in [0, 0.1) is 13.8 Å². The summed E-state index contributed by atoms with van der Waals surface area (Å²) in [4.78, 5) is 16.2. The van der Waals surface area contributed by atoms with Crippen LogP contribution in [-0.2, 0) is 6.54 Å². The van der Waals surface area contributed by atoms with E-state index in [9.17, 15) is 4.79 Å². The second-order valence-corrected chi connectivity index (χ2v) is 6.54. The molecule has 0 saturated heterocycles. The molecule has 0 radical (unpaired) electrons. The molecule has 0 aliphatic rings. The van der Waals surface area contributed by atoms with Gasteiger partial charge in [-0.15, -0.1) is 0 Å². The number of aryl methyl sites for hydroxylation is 2. The van der Waals surface area contributed by atoms with E-state index in [1.807, 2.05) is 25.1 Å². The molecule has 7 nitrogen and oxygen atoms in total. The van der Waals surface area contributed by atoms with E-state index in [1.165, 1.54) is 6.26 Å². The average molecular weight is 382 g/mol. The lowest BCUT2D eigenvalue weighted by Gasteiger charge is -2.11. The summed E-state index contributed by atoms with van der Waals surface area (Å²) in [6, 6.07) is 9.78. The van der Waals surface area contributed by atoms with Crippen molar-refractivity contribution in [2.24, 2.45) is 4.99 Å². The third-order valence-corrected chi connectivity index (χ3v) is 4.58. The number of para-hydroxylation sites is 1. The summed E-state index contributed by atoms with van der Waals surface area (Å²) in [5, 5.41) is 10.5. The van der Waals surface area contributed by atoms with Crippen molar-refractivity contribution >= 4 is 22.8 Å². The summed E-state index contributed by atoms with van der Waals surface area (Å²) in [6.45, 7) is 5.68. The van der Waals surface area contributed by atoms with Crippen molar-refractivity contribution in [1.82, 2.24) is 16.0 Å². The van der Waals surface area contributed by atoms with E-state index in [4.69, 9.17) is 8.83 Å².